The molecule has 1 amide bonds. The van der Waals surface area contributed by atoms with E-state index < -0.39 is 0 Å². The molecule has 0 aliphatic heterocycles. The van der Waals surface area contributed by atoms with Crippen LogP contribution < -0.4 is 11.1 Å². The first-order chi connectivity index (χ1) is 8.47. The third kappa shape index (κ3) is 2.56. The average molecular weight is 309 g/mol. The summed E-state index contributed by atoms with van der Waals surface area (Å²) >= 11 is 3.39. The zero-order valence-corrected chi connectivity index (χ0v) is 11.7. The quantitative estimate of drug-likeness (QED) is 0.834. The second kappa shape index (κ2) is 4.86. The molecule has 94 valence electrons. The normalized spacial score (nSPS) is 10.4. The molecule has 3 N–H and O–H groups in total. The number of halogens is 1. The molecule has 0 aliphatic carbocycles. The third-order valence-corrected chi connectivity index (χ3v) is 3.12. The summed E-state index contributed by atoms with van der Waals surface area (Å²) in [6.07, 6.45) is 1.42. The molecule has 0 atom stereocenters. The SMILES string of the molecule is Cc1cc(N)c(NC(=O)c2coc(C)c2)c(Br)c1. The van der Waals surface area contributed by atoms with Crippen molar-refractivity contribution in [3.63, 3.8) is 0 Å². The van der Waals surface area contributed by atoms with E-state index in [1.165, 1.54) is 6.26 Å². The summed E-state index contributed by atoms with van der Waals surface area (Å²) in [5.41, 5.74) is 8.48. The van der Waals surface area contributed by atoms with Gasteiger partial charge in [-0.25, -0.2) is 0 Å². The van der Waals surface area contributed by atoms with Crippen molar-refractivity contribution in [2.75, 3.05) is 11.1 Å². The monoisotopic (exact) mass is 308 g/mol. The van der Waals surface area contributed by atoms with Crippen LogP contribution in [0.1, 0.15) is 21.7 Å². The standard InChI is InChI=1S/C13H13BrN2O2/c1-7-3-10(14)12(11(15)4-7)16-13(17)9-5-8(2)18-6-9/h3-6H,15H2,1-2H3,(H,16,17). The van der Waals surface area contributed by atoms with Crippen LogP contribution in [0.4, 0.5) is 11.4 Å². The summed E-state index contributed by atoms with van der Waals surface area (Å²) in [6, 6.07) is 5.38. The minimum atomic E-state index is -0.247. The minimum absolute atomic E-state index is 0.247. The van der Waals surface area contributed by atoms with Gasteiger partial charge < -0.3 is 15.5 Å². The summed E-state index contributed by atoms with van der Waals surface area (Å²) < 4.78 is 5.86. The Morgan fingerprint density at radius 2 is 2.06 bits per heavy atom. The first kappa shape index (κ1) is 12.7. The molecule has 0 unspecified atom stereocenters. The highest BCUT2D eigenvalue weighted by molar-refractivity contribution is 9.10. The Morgan fingerprint density at radius 1 is 1.33 bits per heavy atom. The lowest BCUT2D eigenvalue weighted by Gasteiger charge is -2.10. The van der Waals surface area contributed by atoms with Gasteiger partial charge >= 0.3 is 0 Å². The maximum Gasteiger partial charge on any atom is 0.259 e. The van der Waals surface area contributed by atoms with Gasteiger partial charge in [0.2, 0.25) is 0 Å². The van der Waals surface area contributed by atoms with Crippen LogP contribution in [0.2, 0.25) is 0 Å². The highest BCUT2D eigenvalue weighted by Crippen LogP contribution is 2.30. The molecule has 0 radical (unpaired) electrons. The Balaban J connectivity index is 2.27. The average Bonchev–Trinajstić information content (AvgIpc) is 2.70. The van der Waals surface area contributed by atoms with Crippen LogP contribution in [-0.2, 0) is 0 Å². The molecule has 0 aliphatic rings. The third-order valence-electron chi connectivity index (χ3n) is 2.50. The molecule has 5 heteroatoms. The van der Waals surface area contributed by atoms with Gasteiger partial charge in [-0.2, -0.15) is 0 Å². The summed E-state index contributed by atoms with van der Waals surface area (Å²) in [5.74, 6) is 0.444. The molecule has 0 spiro atoms. The Morgan fingerprint density at radius 3 is 2.61 bits per heavy atom. The number of carbonyl (C=O) groups excluding carboxylic acids is 1. The molecule has 18 heavy (non-hydrogen) atoms. The lowest BCUT2D eigenvalue weighted by atomic mass is 10.2. The Hall–Kier alpha value is -1.75. The van der Waals surface area contributed by atoms with E-state index in [2.05, 4.69) is 21.2 Å². The number of benzene rings is 1. The van der Waals surface area contributed by atoms with Crippen LogP contribution in [-0.4, -0.2) is 5.91 Å². The van der Waals surface area contributed by atoms with Crippen molar-refractivity contribution in [2.45, 2.75) is 13.8 Å². The van der Waals surface area contributed by atoms with Crippen LogP contribution in [0.3, 0.4) is 0 Å². The van der Waals surface area contributed by atoms with Gasteiger partial charge in [-0.1, -0.05) is 0 Å². The predicted octanol–water partition coefficient (Wildman–Crippen LogP) is 3.49. The predicted molar refractivity (Wildman–Crippen MR) is 74.7 cm³/mol. The molecule has 2 rings (SSSR count). The molecular weight excluding hydrogens is 296 g/mol. The topological polar surface area (TPSA) is 68.3 Å². The number of nitrogens with two attached hydrogens (primary N) is 1. The van der Waals surface area contributed by atoms with Crippen molar-refractivity contribution >= 4 is 33.2 Å². The van der Waals surface area contributed by atoms with E-state index >= 15 is 0 Å². The molecule has 2 aromatic rings. The lowest BCUT2D eigenvalue weighted by Crippen LogP contribution is -2.13. The van der Waals surface area contributed by atoms with Crippen molar-refractivity contribution in [2.24, 2.45) is 0 Å². The van der Waals surface area contributed by atoms with Crippen molar-refractivity contribution in [1.82, 2.24) is 0 Å². The summed E-state index contributed by atoms with van der Waals surface area (Å²) in [4.78, 5) is 12.0. The Labute approximate surface area is 113 Å². The number of amides is 1. The molecule has 4 nitrogen and oxygen atoms in total. The zero-order chi connectivity index (χ0) is 13.3. The van der Waals surface area contributed by atoms with Crippen molar-refractivity contribution in [1.29, 1.82) is 0 Å². The highest BCUT2D eigenvalue weighted by Gasteiger charge is 2.13. The Bertz CT molecular complexity index is 582. The van der Waals surface area contributed by atoms with Crippen LogP contribution in [0.5, 0.6) is 0 Å². The van der Waals surface area contributed by atoms with E-state index in [4.69, 9.17) is 10.2 Å². The van der Waals surface area contributed by atoms with E-state index in [-0.39, 0.29) is 5.91 Å². The Kier molecular flexibility index (Phi) is 3.43. The van der Waals surface area contributed by atoms with Gasteiger partial charge in [0.1, 0.15) is 12.0 Å². The molecule has 1 heterocycles. The fraction of sp³-hybridized carbons (Fsp3) is 0.154. The number of aryl methyl sites for hydroxylation is 2. The van der Waals surface area contributed by atoms with Gasteiger partial charge in [0.25, 0.3) is 5.91 Å². The fourth-order valence-corrected chi connectivity index (χ4v) is 2.34. The molecular formula is C13H13BrN2O2. The number of anilines is 2. The van der Waals surface area contributed by atoms with Crippen molar-refractivity contribution in [3.05, 3.63) is 45.8 Å². The molecule has 0 fully saturated rings. The van der Waals surface area contributed by atoms with Crippen LogP contribution in [0.15, 0.2) is 33.4 Å². The van der Waals surface area contributed by atoms with Gasteiger partial charge in [0.05, 0.1) is 16.9 Å². The number of hydrogen-bond donors (Lipinski definition) is 2. The number of nitrogen functional groups attached to an aromatic ring is 1. The number of nitrogens with one attached hydrogen (secondary N) is 1. The van der Waals surface area contributed by atoms with Crippen LogP contribution in [0, 0.1) is 13.8 Å². The fourth-order valence-electron chi connectivity index (χ4n) is 1.65. The lowest BCUT2D eigenvalue weighted by molar-refractivity contribution is 0.102. The molecule has 1 aromatic carbocycles. The number of rotatable bonds is 2. The van der Waals surface area contributed by atoms with E-state index in [0.29, 0.717) is 22.7 Å². The smallest absolute Gasteiger partial charge is 0.259 e. The van der Waals surface area contributed by atoms with Crippen molar-refractivity contribution in [3.8, 4) is 0 Å². The molecule has 1 aromatic heterocycles. The van der Waals surface area contributed by atoms with E-state index in [0.717, 1.165) is 10.0 Å². The second-order valence-corrected chi connectivity index (χ2v) is 4.97. The van der Waals surface area contributed by atoms with Crippen LogP contribution >= 0.6 is 15.9 Å². The molecule has 0 saturated heterocycles. The summed E-state index contributed by atoms with van der Waals surface area (Å²) in [7, 11) is 0. The highest BCUT2D eigenvalue weighted by atomic mass is 79.9. The zero-order valence-electron chi connectivity index (χ0n) is 10.1. The van der Waals surface area contributed by atoms with E-state index in [1.807, 2.05) is 13.0 Å². The number of carbonyl (C=O) groups is 1. The van der Waals surface area contributed by atoms with Crippen molar-refractivity contribution < 1.29 is 9.21 Å². The maximum atomic E-state index is 12.0. The van der Waals surface area contributed by atoms with Gasteiger partial charge in [-0.15, -0.1) is 0 Å². The first-order valence-electron chi connectivity index (χ1n) is 5.39. The van der Waals surface area contributed by atoms with Gasteiger partial charge in [0.15, 0.2) is 0 Å². The van der Waals surface area contributed by atoms with Gasteiger partial charge in [0, 0.05) is 4.47 Å². The molecule has 0 saturated carbocycles. The molecule has 0 bridgehead atoms. The summed E-state index contributed by atoms with van der Waals surface area (Å²) in [5, 5.41) is 2.76. The maximum absolute atomic E-state index is 12.0. The van der Waals surface area contributed by atoms with E-state index in [1.54, 1.807) is 19.1 Å². The largest absolute Gasteiger partial charge is 0.469 e. The van der Waals surface area contributed by atoms with E-state index in [9.17, 15) is 4.79 Å². The number of hydrogen-bond acceptors (Lipinski definition) is 3. The summed E-state index contributed by atoms with van der Waals surface area (Å²) in [6.45, 7) is 3.72. The van der Waals surface area contributed by atoms with Crippen LogP contribution in [0.25, 0.3) is 0 Å². The second-order valence-electron chi connectivity index (χ2n) is 4.11. The first-order valence-corrected chi connectivity index (χ1v) is 6.19. The number of furan rings is 1. The van der Waals surface area contributed by atoms with Gasteiger partial charge in [-0.3, -0.25) is 4.79 Å². The minimum Gasteiger partial charge on any atom is -0.469 e. The van der Waals surface area contributed by atoms with Gasteiger partial charge in [-0.05, 0) is 53.5 Å².